The van der Waals surface area contributed by atoms with Crippen LogP contribution in [0.25, 0.3) is 22.6 Å². The van der Waals surface area contributed by atoms with Gasteiger partial charge in [0.25, 0.3) is 5.56 Å². The third-order valence-corrected chi connectivity index (χ3v) is 4.14. The predicted octanol–water partition coefficient (Wildman–Crippen LogP) is 4.54. The first-order valence-electron chi connectivity index (χ1n) is 6.75. The van der Waals surface area contributed by atoms with Crippen molar-refractivity contribution in [2.75, 3.05) is 0 Å². The molecule has 0 aliphatic carbocycles. The number of hydrogen-bond donors (Lipinski definition) is 1. The maximum Gasteiger partial charge on any atom is 0.259 e. The van der Waals surface area contributed by atoms with Crippen LogP contribution in [0.2, 0.25) is 5.02 Å². The molecule has 4 nitrogen and oxygen atoms in total. The van der Waals surface area contributed by atoms with Crippen LogP contribution in [0.1, 0.15) is 11.4 Å². The Balaban J connectivity index is 2.16. The molecule has 0 unspecified atom stereocenters. The molecule has 3 rings (SSSR count). The standard InChI is InChI=1S/C17H8BrClFN3O/c18-13-6-9(1-4-14(13)20)5-10(8-21)16-22-15-7-11(19)2-3-12(15)17(24)23-16/h1-7H,(H,22,23,24)/b10-5+. The van der Waals surface area contributed by atoms with Gasteiger partial charge in [0.1, 0.15) is 11.9 Å². The largest absolute Gasteiger partial charge is 0.305 e. The van der Waals surface area contributed by atoms with Crippen LogP contribution < -0.4 is 5.56 Å². The number of H-pyrrole nitrogens is 1. The fourth-order valence-corrected chi connectivity index (χ4v) is 2.73. The van der Waals surface area contributed by atoms with Crippen LogP contribution in [-0.4, -0.2) is 9.97 Å². The molecule has 0 amide bonds. The van der Waals surface area contributed by atoms with E-state index in [9.17, 15) is 14.4 Å². The number of aromatic amines is 1. The number of benzene rings is 2. The van der Waals surface area contributed by atoms with Gasteiger partial charge < -0.3 is 4.98 Å². The van der Waals surface area contributed by atoms with Gasteiger partial charge in [-0.15, -0.1) is 0 Å². The lowest BCUT2D eigenvalue weighted by atomic mass is 10.1. The van der Waals surface area contributed by atoms with Crippen molar-refractivity contribution in [3.63, 3.8) is 0 Å². The summed E-state index contributed by atoms with van der Waals surface area (Å²) in [4.78, 5) is 19.0. The second-order valence-electron chi connectivity index (χ2n) is 4.92. The van der Waals surface area contributed by atoms with Crippen LogP contribution in [0.4, 0.5) is 4.39 Å². The quantitative estimate of drug-likeness (QED) is 0.637. The molecule has 2 aromatic carbocycles. The van der Waals surface area contributed by atoms with E-state index < -0.39 is 5.82 Å². The number of nitrogens with one attached hydrogen (secondary N) is 1. The molecule has 0 atom stereocenters. The Bertz CT molecular complexity index is 1090. The van der Waals surface area contributed by atoms with Crippen molar-refractivity contribution in [3.05, 3.63) is 73.5 Å². The van der Waals surface area contributed by atoms with Gasteiger partial charge in [0.2, 0.25) is 0 Å². The molecule has 0 spiro atoms. The number of allylic oxidation sites excluding steroid dienone is 1. The number of hydrogen-bond acceptors (Lipinski definition) is 3. The predicted molar refractivity (Wildman–Crippen MR) is 95.0 cm³/mol. The summed E-state index contributed by atoms with van der Waals surface area (Å²) in [5, 5.41) is 10.2. The highest BCUT2D eigenvalue weighted by Crippen LogP contribution is 2.21. The number of fused-ring (bicyclic) bond motifs is 1. The first kappa shape index (κ1) is 16.4. The van der Waals surface area contributed by atoms with Gasteiger partial charge in [-0.3, -0.25) is 4.79 Å². The molecule has 3 aromatic rings. The Kier molecular flexibility index (Phi) is 4.47. The van der Waals surface area contributed by atoms with Gasteiger partial charge >= 0.3 is 0 Å². The van der Waals surface area contributed by atoms with Crippen molar-refractivity contribution < 1.29 is 4.39 Å². The summed E-state index contributed by atoms with van der Waals surface area (Å²) in [6.45, 7) is 0. The molecule has 1 heterocycles. The van der Waals surface area contributed by atoms with Gasteiger partial charge in [-0.1, -0.05) is 17.7 Å². The van der Waals surface area contributed by atoms with Crippen LogP contribution in [0, 0.1) is 17.1 Å². The number of nitrogens with zero attached hydrogens (tertiary/aromatic N) is 2. The minimum atomic E-state index is -0.405. The molecule has 0 radical (unpaired) electrons. The Morgan fingerprint density at radius 3 is 2.83 bits per heavy atom. The van der Waals surface area contributed by atoms with Gasteiger partial charge in [0.05, 0.1) is 20.9 Å². The van der Waals surface area contributed by atoms with Gasteiger partial charge in [-0.25, -0.2) is 9.37 Å². The number of halogens is 3. The van der Waals surface area contributed by atoms with Crippen LogP contribution in [0.15, 0.2) is 45.7 Å². The van der Waals surface area contributed by atoms with Crippen LogP contribution in [0.3, 0.4) is 0 Å². The van der Waals surface area contributed by atoms with Gasteiger partial charge in [0, 0.05) is 5.02 Å². The molecule has 0 aliphatic rings. The molecule has 7 heteroatoms. The molecule has 24 heavy (non-hydrogen) atoms. The highest BCUT2D eigenvalue weighted by Gasteiger charge is 2.09. The van der Waals surface area contributed by atoms with Gasteiger partial charge in [-0.2, -0.15) is 5.26 Å². The fraction of sp³-hybridized carbons (Fsp3) is 0. The fourth-order valence-electron chi connectivity index (χ4n) is 2.16. The zero-order chi connectivity index (χ0) is 17.3. The van der Waals surface area contributed by atoms with E-state index in [2.05, 4.69) is 25.9 Å². The lowest BCUT2D eigenvalue weighted by Gasteiger charge is -2.03. The third-order valence-electron chi connectivity index (χ3n) is 3.30. The summed E-state index contributed by atoms with van der Waals surface area (Å²) in [5.41, 5.74) is 0.761. The van der Waals surface area contributed by atoms with Crippen LogP contribution in [-0.2, 0) is 0 Å². The third kappa shape index (κ3) is 3.23. The Hall–Kier alpha value is -2.49. The Morgan fingerprint density at radius 2 is 2.12 bits per heavy atom. The van der Waals surface area contributed by atoms with E-state index in [-0.39, 0.29) is 21.4 Å². The molecule has 0 saturated carbocycles. The SMILES string of the molecule is N#C/C(=C\c1ccc(F)c(Br)c1)c1nc2cc(Cl)ccc2c(=O)[nH]1. The normalized spacial score (nSPS) is 11.5. The van der Waals surface area contributed by atoms with Crippen molar-refractivity contribution in [1.82, 2.24) is 9.97 Å². The summed E-state index contributed by atoms with van der Waals surface area (Å²) < 4.78 is 13.6. The molecule has 0 saturated heterocycles. The smallest absolute Gasteiger partial charge is 0.259 e. The number of nitriles is 1. The summed E-state index contributed by atoms with van der Waals surface area (Å²) in [5.74, 6) is -0.282. The zero-order valence-corrected chi connectivity index (χ0v) is 14.3. The van der Waals surface area contributed by atoms with Gasteiger partial charge in [-0.05, 0) is 57.9 Å². The molecule has 0 aliphatic heterocycles. The maximum atomic E-state index is 13.3. The lowest BCUT2D eigenvalue weighted by molar-refractivity contribution is 0.621. The molecule has 118 valence electrons. The minimum absolute atomic E-state index is 0.123. The Labute approximate surface area is 149 Å². The van der Waals surface area contributed by atoms with Crippen LogP contribution >= 0.6 is 27.5 Å². The van der Waals surface area contributed by atoms with Crippen molar-refractivity contribution in [2.24, 2.45) is 0 Å². The molecule has 1 N–H and O–H groups in total. The number of aromatic nitrogens is 2. The van der Waals surface area contributed by atoms with E-state index in [1.54, 1.807) is 18.2 Å². The monoisotopic (exact) mass is 403 g/mol. The first-order chi connectivity index (χ1) is 11.5. The van der Waals surface area contributed by atoms with E-state index >= 15 is 0 Å². The second kappa shape index (κ2) is 6.56. The van der Waals surface area contributed by atoms with Crippen molar-refractivity contribution in [2.45, 2.75) is 0 Å². The molecular formula is C17H8BrClFN3O. The van der Waals surface area contributed by atoms with Crippen molar-refractivity contribution in [3.8, 4) is 6.07 Å². The minimum Gasteiger partial charge on any atom is -0.305 e. The molecule has 0 bridgehead atoms. The van der Waals surface area contributed by atoms with E-state index in [1.165, 1.54) is 24.3 Å². The highest BCUT2D eigenvalue weighted by atomic mass is 79.9. The topological polar surface area (TPSA) is 69.5 Å². The average molecular weight is 405 g/mol. The van der Waals surface area contributed by atoms with E-state index in [1.807, 2.05) is 6.07 Å². The summed E-state index contributed by atoms with van der Waals surface area (Å²) >= 11 is 9.02. The van der Waals surface area contributed by atoms with Gasteiger partial charge in [0.15, 0.2) is 5.82 Å². The summed E-state index contributed by atoms with van der Waals surface area (Å²) in [6.07, 6.45) is 1.51. The van der Waals surface area contributed by atoms with Crippen molar-refractivity contribution in [1.29, 1.82) is 5.26 Å². The second-order valence-corrected chi connectivity index (χ2v) is 6.21. The Morgan fingerprint density at radius 1 is 1.33 bits per heavy atom. The van der Waals surface area contributed by atoms with E-state index in [4.69, 9.17) is 11.6 Å². The van der Waals surface area contributed by atoms with E-state index in [0.717, 1.165) is 0 Å². The number of rotatable bonds is 2. The molecular weight excluding hydrogens is 397 g/mol. The highest BCUT2D eigenvalue weighted by molar-refractivity contribution is 9.10. The first-order valence-corrected chi connectivity index (χ1v) is 7.92. The average Bonchev–Trinajstić information content (AvgIpc) is 2.55. The van der Waals surface area contributed by atoms with Crippen molar-refractivity contribution >= 4 is 50.1 Å². The lowest BCUT2D eigenvalue weighted by Crippen LogP contribution is -2.11. The molecule has 0 fully saturated rings. The maximum absolute atomic E-state index is 13.3. The zero-order valence-electron chi connectivity index (χ0n) is 12.0. The molecule has 1 aromatic heterocycles. The summed E-state index contributed by atoms with van der Waals surface area (Å²) in [6, 6.07) is 11.0. The van der Waals surface area contributed by atoms with E-state index in [0.29, 0.717) is 21.5 Å². The van der Waals surface area contributed by atoms with Crippen LogP contribution in [0.5, 0.6) is 0 Å². The summed E-state index contributed by atoms with van der Waals surface area (Å²) in [7, 11) is 0.